The third-order valence-electron chi connectivity index (χ3n) is 7.62. The van der Waals surface area contributed by atoms with E-state index in [9.17, 15) is 9.18 Å². The molecule has 242 valence electrons. The Kier molecular flexibility index (Phi) is 9.89. The number of rotatable bonds is 10. The molecule has 10 heteroatoms. The number of carbonyl (C=O) groups excluding carboxylic acids is 1. The highest BCUT2D eigenvalue weighted by molar-refractivity contribution is 7.17. The molecule has 1 aliphatic rings. The van der Waals surface area contributed by atoms with E-state index in [1.807, 2.05) is 74.8 Å². The lowest BCUT2D eigenvalue weighted by molar-refractivity contribution is 0.0224. The summed E-state index contributed by atoms with van der Waals surface area (Å²) in [6.45, 7) is 8.29. The van der Waals surface area contributed by atoms with Crippen LogP contribution in [-0.4, -0.2) is 65.9 Å². The molecule has 0 radical (unpaired) electrons. The van der Waals surface area contributed by atoms with Crippen LogP contribution in [0.5, 0.6) is 5.75 Å². The third-order valence-corrected chi connectivity index (χ3v) is 8.54. The molecule has 0 bridgehead atoms. The van der Waals surface area contributed by atoms with Gasteiger partial charge in [-0.05, 0) is 73.5 Å². The molecule has 0 saturated carbocycles. The van der Waals surface area contributed by atoms with Crippen LogP contribution in [0.2, 0.25) is 0 Å². The highest BCUT2D eigenvalue weighted by Crippen LogP contribution is 2.40. The smallest absolute Gasteiger partial charge is 0.410 e. The highest BCUT2D eigenvalue weighted by atomic mass is 32.1. The first-order chi connectivity index (χ1) is 22.7. The number of halogens is 1. The number of aliphatic imine (C=N–C) groups is 1. The summed E-state index contributed by atoms with van der Waals surface area (Å²) in [5, 5.41) is 12.3. The van der Waals surface area contributed by atoms with Gasteiger partial charge in [0.15, 0.2) is 0 Å². The molecule has 0 spiro atoms. The number of ether oxygens (including phenoxy) is 3. The first-order valence-electron chi connectivity index (χ1n) is 15.6. The van der Waals surface area contributed by atoms with Gasteiger partial charge in [0.1, 0.15) is 35.2 Å². The predicted octanol–water partition coefficient (Wildman–Crippen LogP) is 7.97. The fraction of sp³-hybridized carbons (Fsp3) is 0.297. The first kappa shape index (κ1) is 32.3. The summed E-state index contributed by atoms with van der Waals surface area (Å²) in [5.74, 6) is -0.0121. The van der Waals surface area contributed by atoms with Crippen LogP contribution >= 0.6 is 11.3 Å². The van der Waals surface area contributed by atoms with E-state index in [0.717, 1.165) is 38.9 Å². The van der Waals surface area contributed by atoms with Gasteiger partial charge in [0.2, 0.25) is 0 Å². The minimum absolute atomic E-state index is 0.248. The number of hydrogen-bond acceptors (Lipinski definition) is 8. The monoisotopic (exact) mass is 652 g/mol. The van der Waals surface area contributed by atoms with E-state index in [2.05, 4.69) is 27.3 Å². The van der Waals surface area contributed by atoms with Crippen molar-refractivity contribution in [3.63, 3.8) is 0 Å². The number of benzene rings is 3. The molecule has 2 aromatic heterocycles. The quantitative estimate of drug-likeness (QED) is 0.112. The second kappa shape index (κ2) is 14.4. The van der Waals surface area contributed by atoms with Crippen LogP contribution in [0.15, 0.2) is 83.2 Å². The van der Waals surface area contributed by atoms with Gasteiger partial charge in [0, 0.05) is 41.9 Å². The van der Waals surface area contributed by atoms with Crippen molar-refractivity contribution >= 4 is 33.7 Å². The minimum atomic E-state index is -0.536. The Morgan fingerprint density at radius 2 is 1.81 bits per heavy atom. The van der Waals surface area contributed by atoms with Crippen molar-refractivity contribution in [2.24, 2.45) is 4.99 Å². The summed E-state index contributed by atoms with van der Waals surface area (Å²) in [4.78, 5) is 18.8. The topological polar surface area (TPSA) is 86.1 Å². The summed E-state index contributed by atoms with van der Waals surface area (Å²) in [6.07, 6.45) is 2.25. The van der Waals surface area contributed by atoms with E-state index in [4.69, 9.17) is 14.2 Å². The number of nitrogens with zero attached hydrogens (tertiary/aromatic N) is 4. The molecule has 8 nitrogen and oxygen atoms in total. The Labute approximate surface area is 277 Å². The van der Waals surface area contributed by atoms with Crippen molar-refractivity contribution in [3.05, 3.63) is 101 Å². The van der Waals surface area contributed by atoms with Gasteiger partial charge in [-0.15, -0.1) is 21.5 Å². The number of fused-ring (bicyclic) bond motifs is 2. The van der Waals surface area contributed by atoms with Gasteiger partial charge in [-0.2, -0.15) is 0 Å². The van der Waals surface area contributed by atoms with E-state index in [1.165, 1.54) is 17.7 Å². The summed E-state index contributed by atoms with van der Waals surface area (Å²) < 4.78 is 32.5. The zero-order valence-electron chi connectivity index (χ0n) is 26.7. The molecule has 0 aliphatic carbocycles. The molecule has 1 aliphatic heterocycles. The average molecular weight is 653 g/mol. The summed E-state index contributed by atoms with van der Waals surface area (Å²) in [6, 6.07) is 22.6. The lowest BCUT2D eigenvalue weighted by atomic mass is 9.95. The van der Waals surface area contributed by atoms with Crippen molar-refractivity contribution < 1.29 is 23.4 Å². The molecule has 3 heterocycles. The van der Waals surface area contributed by atoms with Gasteiger partial charge in [0.25, 0.3) is 0 Å². The molecule has 6 rings (SSSR count). The van der Waals surface area contributed by atoms with Crippen LogP contribution in [0.3, 0.4) is 0 Å². The molecule has 0 saturated heterocycles. The summed E-state index contributed by atoms with van der Waals surface area (Å²) in [5.41, 5.74) is 5.81. The van der Waals surface area contributed by atoms with E-state index >= 15 is 0 Å². The van der Waals surface area contributed by atoms with Crippen LogP contribution in [-0.2, 0) is 22.4 Å². The van der Waals surface area contributed by atoms with Crippen LogP contribution in [0.25, 0.3) is 32.6 Å². The van der Waals surface area contributed by atoms with Crippen LogP contribution in [0.1, 0.15) is 37.5 Å². The lowest BCUT2D eigenvalue weighted by Crippen LogP contribution is -2.39. The average Bonchev–Trinajstić information content (AvgIpc) is 3.55. The number of aromatic nitrogens is 2. The zero-order valence-corrected chi connectivity index (χ0v) is 27.6. The summed E-state index contributed by atoms with van der Waals surface area (Å²) in [7, 11) is 0. The Balaban J connectivity index is 1.14. The Morgan fingerprint density at radius 3 is 2.64 bits per heavy atom. The molecular weight excluding hydrogens is 615 g/mol. The maximum absolute atomic E-state index is 14.3. The van der Waals surface area contributed by atoms with Gasteiger partial charge in [-0.3, -0.25) is 4.99 Å². The number of carbonyl (C=O) groups is 1. The molecule has 3 aromatic carbocycles. The Bertz CT molecular complexity index is 1890. The van der Waals surface area contributed by atoms with Crippen LogP contribution in [0.4, 0.5) is 9.18 Å². The van der Waals surface area contributed by atoms with Gasteiger partial charge in [0.05, 0.1) is 24.5 Å². The molecule has 47 heavy (non-hydrogen) atoms. The van der Waals surface area contributed by atoms with E-state index in [0.29, 0.717) is 49.9 Å². The molecule has 0 fully saturated rings. The fourth-order valence-electron chi connectivity index (χ4n) is 5.40. The van der Waals surface area contributed by atoms with Crippen molar-refractivity contribution in [2.45, 2.75) is 39.3 Å². The maximum atomic E-state index is 14.3. The van der Waals surface area contributed by atoms with Gasteiger partial charge >= 0.3 is 6.09 Å². The Morgan fingerprint density at radius 1 is 0.979 bits per heavy atom. The predicted molar refractivity (Wildman–Crippen MR) is 184 cm³/mol. The molecule has 0 unspecified atom stereocenters. The third kappa shape index (κ3) is 8.01. The number of amides is 1. The maximum Gasteiger partial charge on any atom is 0.410 e. The van der Waals surface area contributed by atoms with E-state index in [-0.39, 0.29) is 12.7 Å². The molecule has 5 aromatic rings. The van der Waals surface area contributed by atoms with Crippen molar-refractivity contribution in [1.29, 1.82) is 0 Å². The van der Waals surface area contributed by atoms with Crippen molar-refractivity contribution in [1.82, 2.24) is 15.1 Å². The normalized spacial score (nSPS) is 13.2. The van der Waals surface area contributed by atoms with Crippen LogP contribution < -0.4 is 4.74 Å². The van der Waals surface area contributed by atoms with E-state index < -0.39 is 11.4 Å². The largest absolute Gasteiger partial charge is 0.490 e. The molecule has 0 atom stereocenters. The molecular formula is C37H37FN4O4S. The Hall–Kier alpha value is -4.67. The van der Waals surface area contributed by atoms with Gasteiger partial charge in [-0.1, -0.05) is 42.5 Å². The summed E-state index contributed by atoms with van der Waals surface area (Å²) >= 11 is 1.56. The van der Waals surface area contributed by atoms with Gasteiger partial charge < -0.3 is 19.1 Å². The molecule has 1 amide bonds. The fourth-order valence-corrected chi connectivity index (χ4v) is 6.29. The van der Waals surface area contributed by atoms with Crippen LogP contribution in [0, 0.1) is 5.82 Å². The SMILES string of the molecule is CC(C)(C)OC(=O)N1CCc2cc(-c3nnc(-c4ccc(F)cc4OCCOCCN=Cc4ccccc4)c4sccc34)ccc2C1. The molecule has 0 N–H and O–H groups in total. The minimum Gasteiger partial charge on any atom is -0.490 e. The number of thiophene rings is 1. The highest BCUT2D eigenvalue weighted by Gasteiger charge is 2.26. The zero-order chi connectivity index (χ0) is 32.8. The second-order valence-corrected chi connectivity index (χ2v) is 13.2. The van der Waals surface area contributed by atoms with Gasteiger partial charge in [-0.25, -0.2) is 9.18 Å². The van der Waals surface area contributed by atoms with Crippen molar-refractivity contribution in [2.75, 3.05) is 32.9 Å². The van der Waals surface area contributed by atoms with Crippen molar-refractivity contribution in [3.8, 4) is 28.3 Å². The second-order valence-electron chi connectivity index (χ2n) is 12.2. The number of hydrogen-bond donors (Lipinski definition) is 0. The lowest BCUT2D eigenvalue weighted by Gasteiger charge is -2.31. The standard InChI is InChI=1S/C37H37FN4O4S/c1-37(2,3)46-36(43)42-16-13-26-21-27(9-10-28(26)24-42)33-31-14-20-47-35(31)34(41-40-33)30-12-11-29(38)22-32(30)45-19-18-44-17-15-39-23-25-7-5-4-6-8-25/h4-12,14,20-23H,13,15-19,24H2,1-3H3. The first-order valence-corrected chi connectivity index (χ1v) is 16.5. The van der Waals surface area contributed by atoms with E-state index in [1.54, 1.807) is 22.3 Å².